The van der Waals surface area contributed by atoms with E-state index < -0.39 is 10.8 Å². The molecule has 38 heavy (non-hydrogen) atoms. The standard InChI is InChI=1S/C32H43NO5/c1-27(2)10-12-32(26(36)37-7)13-11-31(6)24(20(32)16-27)21(35)14-23-28(3)15-19-17-33-38-25(19)29(4,18-34)22(28)8-9-30(23,31)5/h14,17-18,20,22,24H,8-13,15-16H2,1-7H3/t20-,22+,24-,28-,29-,30+,31+,32-/m0/s1. The van der Waals surface area contributed by atoms with Crippen molar-refractivity contribution < 1.29 is 23.6 Å². The molecule has 0 unspecified atom stereocenters. The van der Waals surface area contributed by atoms with Gasteiger partial charge in [-0.25, -0.2) is 0 Å². The molecule has 0 aromatic carbocycles. The highest BCUT2D eigenvalue weighted by Crippen LogP contribution is 2.74. The maximum absolute atomic E-state index is 14.5. The first-order valence-electron chi connectivity index (χ1n) is 14.5. The fourth-order valence-electron chi connectivity index (χ4n) is 10.7. The Kier molecular flexibility index (Phi) is 5.27. The topological polar surface area (TPSA) is 86.5 Å². The molecule has 5 aliphatic carbocycles. The highest BCUT2D eigenvalue weighted by atomic mass is 16.5. The molecule has 0 saturated heterocycles. The summed E-state index contributed by atoms with van der Waals surface area (Å²) < 4.78 is 11.1. The Morgan fingerprint density at radius 3 is 2.47 bits per heavy atom. The summed E-state index contributed by atoms with van der Waals surface area (Å²) in [5.74, 6) is 0.526. The molecular formula is C32H43NO5. The van der Waals surface area contributed by atoms with Gasteiger partial charge in [0, 0.05) is 11.5 Å². The third-order valence-corrected chi connectivity index (χ3v) is 12.9. The second kappa shape index (κ2) is 7.69. The normalized spacial score (nSPS) is 46.9. The Balaban J connectivity index is 1.52. The summed E-state index contributed by atoms with van der Waals surface area (Å²) in [5, 5.41) is 4.08. The van der Waals surface area contributed by atoms with Crippen molar-refractivity contribution in [2.24, 2.45) is 44.8 Å². The predicted octanol–water partition coefficient (Wildman–Crippen LogP) is 6.02. The zero-order valence-electron chi connectivity index (χ0n) is 24.1. The van der Waals surface area contributed by atoms with Crippen LogP contribution in [0, 0.1) is 44.8 Å². The maximum atomic E-state index is 14.5. The number of ether oxygens (including phenoxy) is 1. The Hall–Kier alpha value is -2.24. The molecule has 0 radical (unpaired) electrons. The van der Waals surface area contributed by atoms with Gasteiger partial charge in [0.2, 0.25) is 0 Å². The number of hydrogen-bond donors (Lipinski definition) is 0. The molecule has 3 saturated carbocycles. The van der Waals surface area contributed by atoms with E-state index in [9.17, 15) is 14.4 Å². The second-order valence-electron chi connectivity index (χ2n) is 15.1. The largest absolute Gasteiger partial charge is 0.469 e. The van der Waals surface area contributed by atoms with Crippen molar-refractivity contribution in [1.29, 1.82) is 0 Å². The van der Waals surface area contributed by atoms with Crippen LogP contribution in [0.3, 0.4) is 0 Å². The van der Waals surface area contributed by atoms with E-state index in [0.29, 0.717) is 5.76 Å². The fourth-order valence-corrected chi connectivity index (χ4v) is 10.7. The lowest BCUT2D eigenvalue weighted by atomic mass is 9.34. The van der Waals surface area contributed by atoms with Crippen molar-refractivity contribution in [3.05, 3.63) is 29.2 Å². The lowest BCUT2D eigenvalue weighted by molar-refractivity contribution is -0.191. The Bertz CT molecular complexity index is 1260. The van der Waals surface area contributed by atoms with Crippen molar-refractivity contribution in [1.82, 2.24) is 5.16 Å². The molecule has 6 heteroatoms. The van der Waals surface area contributed by atoms with Gasteiger partial charge in [-0.15, -0.1) is 0 Å². The SMILES string of the molecule is COC(=O)[C@]12CCC(C)(C)C[C@H]1[C@H]1C(=O)C=C3[C@@]4(C)Cc5cnoc5[C@@](C)(C=O)[C@@H]4CC[C@@]3(C)[C@]1(C)CC2. The summed E-state index contributed by atoms with van der Waals surface area (Å²) in [4.78, 5) is 40.5. The number of esters is 1. The summed E-state index contributed by atoms with van der Waals surface area (Å²) >= 11 is 0. The zero-order valence-corrected chi connectivity index (χ0v) is 24.1. The van der Waals surface area contributed by atoms with E-state index >= 15 is 0 Å². The monoisotopic (exact) mass is 521 g/mol. The molecular weight excluding hydrogens is 478 g/mol. The average molecular weight is 522 g/mol. The highest BCUT2D eigenvalue weighted by Gasteiger charge is 2.71. The molecule has 206 valence electrons. The van der Waals surface area contributed by atoms with Crippen LogP contribution in [0.15, 0.2) is 22.4 Å². The molecule has 0 N–H and O–H groups in total. The van der Waals surface area contributed by atoms with Gasteiger partial charge in [-0.05, 0) is 97.9 Å². The molecule has 1 aromatic heterocycles. The van der Waals surface area contributed by atoms with Crippen LogP contribution in [0.4, 0.5) is 0 Å². The molecule has 8 atom stereocenters. The van der Waals surface area contributed by atoms with Crippen LogP contribution >= 0.6 is 0 Å². The molecule has 6 nitrogen and oxygen atoms in total. The van der Waals surface area contributed by atoms with Gasteiger partial charge in [0.1, 0.15) is 6.29 Å². The number of ketones is 1. The van der Waals surface area contributed by atoms with Crippen LogP contribution in [0.25, 0.3) is 0 Å². The van der Waals surface area contributed by atoms with E-state index in [-0.39, 0.29) is 51.2 Å². The molecule has 3 fully saturated rings. The summed E-state index contributed by atoms with van der Waals surface area (Å²) in [6.07, 6.45) is 11.5. The smallest absolute Gasteiger partial charge is 0.312 e. The van der Waals surface area contributed by atoms with Crippen molar-refractivity contribution >= 4 is 18.0 Å². The zero-order chi connectivity index (χ0) is 27.5. The van der Waals surface area contributed by atoms with Gasteiger partial charge < -0.3 is 14.1 Å². The molecule has 0 amide bonds. The van der Waals surface area contributed by atoms with E-state index in [4.69, 9.17) is 9.26 Å². The molecule has 1 heterocycles. The van der Waals surface area contributed by atoms with Gasteiger partial charge in [0.15, 0.2) is 11.5 Å². The molecule has 6 rings (SSSR count). The Morgan fingerprint density at radius 2 is 1.79 bits per heavy atom. The first-order valence-corrected chi connectivity index (χ1v) is 14.5. The van der Waals surface area contributed by atoms with Gasteiger partial charge in [0.05, 0.1) is 24.1 Å². The first kappa shape index (κ1) is 26.0. The lowest BCUT2D eigenvalue weighted by Crippen LogP contribution is -2.66. The van der Waals surface area contributed by atoms with E-state index in [1.54, 1.807) is 6.20 Å². The third-order valence-electron chi connectivity index (χ3n) is 12.9. The van der Waals surface area contributed by atoms with Gasteiger partial charge in [-0.2, -0.15) is 0 Å². The van der Waals surface area contributed by atoms with Gasteiger partial charge in [0.25, 0.3) is 0 Å². The van der Waals surface area contributed by atoms with Crippen LogP contribution in [-0.4, -0.2) is 30.3 Å². The number of carbonyl (C=O) groups excluding carboxylic acids is 3. The lowest BCUT2D eigenvalue weighted by Gasteiger charge is -2.69. The van der Waals surface area contributed by atoms with E-state index in [0.717, 1.165) is 63.2 Å². The summed E-state index contributed by atoms with van der Waals surface area (Å²) in [7, 11) is 1.50. The van der Waals surface area contributed by atoms with Crippen LogP contribution in [0.1, 0.15) is 97.8 Å². The summed E-state index contributed by atoms with van der Waals surface area (Å²) in [6, 6.07) is 0. The maximum Gasteiger partial charge on any atom is 0.312 e. The molecule has 0 aliphatic heterocycles. The fraction of sp³-hybridized carbons (Fsp3) is 0.750. The Labute approximate surface area is 226 Å². The minimum absolute atomic E-state index is 0.0265. The van der Waals surface area contributed by atoms with Crippen molar-refractivity contribution in [3.63, 3.8) is 0 Å². The Morgan fingerprint density at radius 1 is 1.08 bits per heavy atom. The predicted molar refractivity (Wildman–Crippen MR) is 142 cm³/mol. The molecule has 0 bridgehead atoms. The van der Waals surface area contributed by atoms with E-state index in [1.807, 2.05) is 13.0 Å². The van der Waals surface area contributed by atoms with E-state index in [2.05, 4.69) is 39.8 Å². The number of rotatable bonds is 2. The number of hydrogen-bond acceptors (Lipinski definition) is 6. The molecule has 1 aromatic rings. The minimum atomic E-state index is -0.776. The van der Waals surface area contributed by atoms with Gasteiger partial charge >= 0.3 is 5.97 Å². The average Bonchev–Trinajstić information content (AvgIpc) is 3.33. The quantitative estimate of drug-likeness (QED) is 0.349. The van der Waals surface area contributed by atoms with Crippen LogP contribution in [0.5, 0.6) is 0 Å². The van der Waals surface area contributed by atoms with Crippen molar-refractivity contribution in [3.8, 4) is 0 Å². The van der Waals surface area contributed by atoms with Crippen LogP contribution < -0.4 is 0 Å². The summed E-state index contributed by atoms with van der Waals surface area (Å²) in [6.45, 7) is 13.5. The number of nitrogens with zero attached hydrogens (tertiary/aromatic N) is 1. The number of allylic oxidation sites excluding steroid dienone is 2. The highest BCUT2D eigenvalue weighted by molar-refractivity contribution is 5.96. The number of aromatic nitrogens is 1. The van der Waals surface area contributed by atoms with Crippen LogP contribution in [-0.2, 0) is 31.0 Å². The third kappa shape index (κ3) is 2.90. The van der Waals surface area contributed by atoms with Gasteiger partial charge in [-0.3, -0.25) is 9.59 Å². The number of carbonyl (C=O) groups is 3. The van der Waals surface area contributed by atoms with Crippen molar-refractivity contribution in [2.75, 3.05) is 7.11 Å². The van der Waals surface area contributed by atoms with E-state index in [1.165, 1.54) is 12.7 Å². The number of aldehydes is 1. The molecule has 0 spiro atoms. The first-order chi connectivity index (χ1) is 17.7. The van der Waals surface area contributed by atoms with Crippen LogP contribution in [0.2, 0.25) is 0 Å². The minimum Gasteiger partial charge on any atom is -0.469 e. The number of methoxy groups -OCH3 is 1. The summed E-state index contributed by atoms with van der Waals surface area (Å²) in [5.41, 5.74) is 0.0650. The van der Waals surface area contributed by atoms with Gasteiger partial charge in [-0.1, -0.05) is 45.3 Å². The second-order valence-corrected chi connectivity index (χ2v) is 15.1. The molecule has 5 aliphatic rings. The van der Waals surface area contributed by atoms with Crippen molar-refractivity contribution in [2.45, 2.75) is 98.3 Å². The number of fused-ring (bicyclic) bond motifs is 8.